The lowest BCUT2D eigenvalue weighted by Crippen LogP contribution is -2.03. The lowest BCUT2D eigenvalue weighted by atomic mass is 10.1. The van der Waals surface area contributed by atoms with Crippen molar-refractivity contribution < 1.29 is 9.84 Å². The van der Waals surface area contributed by atoms with Crippen molar-refractivity contribution in [3.8, 4) is 5.88 Å². The molecule has 0 radical (unpaired) electrons. The Hall–Kier alpha value is -1.46. The van der Waals surface area contributed by atoms with Crippen LogP contribution in [-0.4, -0.2) is 22.4 Å². The van der Waals surface area contributed by atoms with Crippen molar-refractivity contribution in [1.82, 2.24) is 10.2 Å². The van der Waals surface area contributed by atoms with E-state index in [1.165, 1.54) is 12.0 Å². The summed E-state index contributed by atoms with van der Waals surface area (Å²) in [6.45, 7) is 0. The Morgan fingerprint density at radius 2 is 2.24 bits per heavy atom. The molecule has 0 saturated carbocycles. The molecule has 5 heteroatoms. The Morgan fingerprint density at radius 3 is 2.82 bits per heavy atom. The Bertz CT molecular complexity index is 442. The minimum absolute atomic E-state index is 0.458. The maximum Gasteiger partial charge on any atom is 0.233 e. The number of thiophene rings is 1. The molecule has 90 valence electrons. The number of methoxy groups -OCH3 is 1. The number of aryl methyl sites for hydroxylation is 1. The summed E-state index contributed by atoms with van der Waals surface area (Å²) in [5, 5.41) is 19.7. The van der Waals surface area contributed by atoms with E-state index in [1.54, 1.807) is 23.5 Å². The highest BCUT2D eigenvalue weighted by molar-refractivity contribution is 7.09. The fourth-order valence-corrected chi connectivity index (χ4v) is 2.22. The molecule has 0 spiro atoms. The van der Waals surface area contributed by atoms with Crippen LogP contribution in [0.1, 0.15) is 23.1 Å². The van der Waals surface area contributed by atoms with Gasteiger partial charge in [-0.15, -0.1) is 21.5 Å². The van der Waals surface area contributed by atoms with Crippen molar-refractivity contribution in [1.29, 1.82) is 0 Å². The van der Waals surface area contributed by atoms with Crippen molar-refractivity contribution in [2.24, 2.45) is 0 Å². The zero-order valence-corrected chi connectivity index (χ0v) is 10.4. The van der Waals surface area contributed by atoms with E-state index in [-0.39, 0.29) is 0 Å². The molecule has 0 bridgehead atoms. The van der Waals surface area contributed by atoms with Crippen LogP contribution in [0.4, 0.5) is 0 Å². The topological polar surface area (TPSA) is 55.2 Å². The van der Waals surface area contributed by atoms with Crippen molar-refractivity contribution in [3.63, 3.8) is 0 Å². The first-order valence-electron chi connectivity index (χ1n) is 5.37. The normalized spacial score (nSPS) is 12.4. The molecule has 0 aliphatic carbocycles. The molecule has 0 amide bonds. The number of hydrogen-bond acceptors (Lipinski definition) is 5. The van der Waals surface area contributed by atoms with E-state index >= 15 is 0 Å². The maximum absolute atomic E-state index is 9.94. The molecule has 0 saturated heterocycles. The van der Waals surface area contributed by atoms with E-state index in [9.17, 15) is 5.11 Å². The second-order valence-electron chi connectivity index (χ2n) is 3.63. The summed E-state index contributed by atoms with van der Waals surface area (Å²) in [5.74, 6) is 0.458. The number of aliphatic hydroxyl groups excluding tert-OH is 1. The third-order valence-electron chi connectivity index (χ3n) is 2.46. The fraction of sp³-hybridized carbons (Fsp3) is 0.333. The highest BCUT2D eigenvalue weighted by atomic mass is 32.1. The molecule has 1 unspecified atom stereocenters. The summed E-state index contributed by atoms with van der Waals surface area (Å²) >= 11 is 1.70. The summed E-state index contributed by atoms with van der Waals surface area (Å²) < 4.78 is 4.91. The van der Waals surface area contributed by atoms with Crippen LogP contribution in [0.3, 0.4) is 0 Å². The SMILES string of the molecule is COc1ccc(C(O)CCc2cccs2)nn1. The molecule has 4 nitrogen and oxygen atoms in total. The Labute approximate surface area is 104 Å². The Balaban J connectivity index is 1.92. The molecular weight excluding hydrogens is 236 g/mol. The van der Waals surface area contributed by atoms with E-state index in [0.717, 1.165) is 6.42 Å². The maximum atomic E-state index is 9.94. The molecule has 0 aromatic carbocycles. The first kappa shape index (κ1) is 12.0. The lowest BCUT2D eigenvalue weighted by molar-refractivity contribution is 0.162. The van der Waals surface area contributed by atoms with Gasteiger partial charge >= 0.3 is 0 Å². The predicted octanol–water partition coefficient (Wildman–Crippen LogP) is 2.21. The number of aliphatic hydroxyl groups is 1. The van der Waals surface area contributed by atoms with Crippen LogP contribution in [0.25, 0.3) is 0 Å². The van der Waals surface area contributed by atoms with Crippen LogP contribution >= 0.6 is 11.3 Å². The lowest BCUT2D eigenvalue weighted by Gasteiger charge is -2.08. The first-order valence-corrected chi connectivity index (χ1v) is 6.25. The van der Waals surface area contributed by atoms with E-state index in [0.29, 0.717) is 18.0 Å². The minimum Gasteiger partial charge on any atom is -0.480 e. The van der Waals surface area contributed by atoms with Crippen LogP contribution in [-0.2, 0) is 6.42 Å². The van der Waals surface area contributed by atoms with Crippen molar-refractivity contribution in [2.45, 2.75) is 18.9 Å². The summed E-state index contributed by atoms with van der Waals surface area (Å²) in [4.78, 5) is 1.27. The van der Waals surface area contributed by atoms with Gasteiger partial charge in [0, 0.05) is 10.9 Å². The Kier molecular flexibility index (Phi) is 4.06. The summed E-state index contributed by atoms with van der Waals surface area (Å²) in [7, 11) is 1.54. The van der Waals surface area contributed by atoms with Gasteiger partial charge in [0.1, 0.15) is 0 Å². The fourth-order valence-electron chi connectivity index (χ4n) is 1.50. The van der Waals surface area contributed by atoms with Crippen LogP contribution < -0.4 is 4.74 Å². The molecule has 0 aliphatic heterocycles. The average molecular weight is 250 g/mol. The number of hydrogen-bond donors (Lipinski definition) is 1. The standard InChI is InChI=1S/C12H14N2O2S/c1-16-12-7-5-10(13-14-12)11(15)6-4-9-3-2-8-17-9/h2-3,5,7-8,11,15H,4,6H2,1H3. The van der Waals surface area contributed by atoms with Gasteiger partial charge in [0.25, 0.3) is 0 Å². The van der Waals surface area contributed by atoms with Gasteiger partial charge in [0.2, 0.25) is 5.88 Å². The number of nitrogens with zero attached hydrogens (tertiary/aromatic N) is 2. The average Bonchev–Trinajstić information content (AvgIpc) is 2.89. The van der Waals surface area contributed by atoms with Gasteiger partial charge in [-0.25, -0.2) is 0 Å². The molecular formula is C12H14N2O2S. The van der Waals surface area contributed by atoms with Gasteiger partial charge in [-0.1, -0.05) is 6.07 Å². The van der Waals surface area contributed by atoms with Gasteiger partial charge in [-0.2, -0.15) is 0 Å². The van der Waals surface area contributed by atoms with E-state index in [4.69, 9.17) is 4.74 Å². The number of ether oxygens (including phenoxy) is 1. The van der Waals surface area contributed by atoms with Gasteiger partial charge in [0.15, 0.2) is 0 Å². The highest BCUT2D eigenvalue weighted by Crippen LogP contribution is 2.19. The zero-order chi connectivity index (χ0) is 12.1. The monoisotopic (exact) mass is 250 g/mol. The van der Waals surface area contributed by atoms with E-state index in [2.05, 4.69) is 16.3 Å². The molecule has 1 atom stereocenters. The summed E-state index contributed by atoms with van der Waals surface area (Å²) in [6, 6.07) is 7.53. The van der Waals surface area contributed by atoms with E-state index < -0.39 is 6.10 Å². The molecule has 0 fully saturated rings. The molecule has 2 aromatic heterocycles. The second kappa shape index (κ2) is 5.75. The number of rotatable bonds is 5. The van der Waals surface area contributed by atoms with Crippen molar-refractivity contribution >= 4 is 11.3 Å². The Morgan fingerprint density at radius 1 is 1.35 bits per heavy atom. The smallest absolute Gasteiger partial charge is 0.233 e. The second-order valence-corrected chi connectivity index (χ2v) is 4.67. The van der Waals surface area contributed by atoms with Gasteiger partial charge in [-0.3, -0.25) is 0 Å². The van der Waals surface area contributed by atoms with Gasteiger partial charge in [0.05, 0.1) is 18.9 Å². The van der Waals surface area contributed by atoms with Gasteiger partial charge < -0.3 is 9.84 Å². The van der Waals surface area contributed by atoms with Crippen molar-refractivity contribution in [3.05, 3.63) is 40.2 Å². The largest absolute Gasteiger partial charge is 0.480 e. The molecule has 2 rings (SSSR count). The highest BCUT2D eigenvalue weighted by Gasteiger charge is 2.10. The quantitative estimate of drug-likeness (QED) is 0.884. The third kappa shape index (κ3) is 3.25. The van der Waals surface area contributed by atoms with Crippen molar-refractivity contribution in [2.75, 3.05) is 7.11 Å². The zero-order valence-electron chi connectivity index (χ0n) is 9.54. The van der Waals surface area contributed by atoms with Crippen LogP contribution in [0.5, 0.6) is 5.88 Å². The predicted molar refractivity (Wildman–Crippen MR) is 66.2 cm³/mol. The van der Waals surface area contributed by atoms with Gasteiger partial charge in [-0.05, 0) is 30.4 Å². The third-order valence-corrected chi connectivity index (χ3v) is 3.39. The summed E-state index contributed by atoms with van der Waals surface area (Å²) in [5.41, 5.74) is 0.586. The van der Waals surface area contributed by atoms with E-state index in [1.807, 2.05) is 11.4 Å². The first-order chi connectivity index (χ1) is 8.29. The van der Waals surface area contributed by atoms with Crippen LogP contribution in [0, 0.1) is 0 Å². The molecule has 2 heterocycles. The van der Waals surface area contributed by atoms with Crippen LogP contribution in [0.15, 0.2) is 29.6 Å². The minimum atomic E-state index is -0.574. The molecule has 1 N–H and O–H groups in total. The molecule has 0 aliphatic rings. The molecule has 17 heavy (non-hydrogen) atoms. The number of aromatic nitrogens is 2. The van der Waals surface area contributed by atoms with Crippen LogP contribution in [0.2, 0.25) is 0 Å². The summed E-state index contributed by atoms with van der Waals surface area (Å²) in [6.07, 6.45) is 0.934. The molecule has 2 aromatic rings.